The number of methoxy groups -OCH3 is 3. The SMILES string of the molecule is C#CC(O)(CNC(=O)c1ccc(OCCF)c(OC)c1)c1ccc(OC)c(-c2ccc(F)c(Cl)c2)n1.COc1ccc(C(=O)CBr)nc1-c1ccc(F)c(Cl)c1. The lowest BCUT2D eigenvalue weighted by molar-refractivity contribution is 0.0774. The lowest BCUT2D eigenvalue weighted by Gasteiger charge is -2.23. The average molecular weight is 876 g/mol. The Hall–Kier alpha value is -5.33. The average Bonchev–Trinajstić information content (AvgIpc) is 3.23. The number of aromatic nitrogens is 2. The zero-order chi connectivity index (χ0) is 41.0. The summed E-state index contributed by atoms with van der Waals surface area (Å²) >= 11 is 14.8. The highest BCUT2D eigenvalue weighted by Crippen LogP contribution is 2.34. The number of benzene rings is 3. The monoisotopic (exact) mass is 873 g/mol. The molecule has 0 aliphatic carbocycles. The Bertz CT molecular complexity index is 2260. The largest absolute Gasteiger partial charge is 0.494 e. The molecule has 0 fully saturated rings. The van der Waals surface area contributed by atoms with Crippen molar-refractivity contribution >= 4 is 50.8 Å². The minimum absolute atomic E-state index is 0.0106. The van der Waals surface area contributed by atoms with E-state index in [2.05, 4.69) is 37.1 Å². The van der Waals surface area contributed by atoms with Crippen LogP contribution < -0.4 is 24.3 Å². The maximum absolute atomic E-state index is 13.6. The predicted molar refractivity (Wildman–Crippen MR) is 210 cm³/mol. The minimum Gasteiger partial charge on any atom is -0.494 e. The van der Waals surface area contributed by atoms with E-state index in [1.807, 2.05) is 0 Å². The second-order valence-electron chi connectivity index (χ2n) is 11.4. The first kappa shape index (κ1) is 43.4. The van der Waals surface area contributed by atoms with Crippen molar-refractivity contribution in [1.82, 2.24) is 15.3 Å². The third-order valence-electron chi connectivity index (χ3n) is 7.88. The fourth-order valence-corrected chi connectivity index (χ4v) is 5.63. The number of nitrogens with one attached hydrogen (secondary N) is 1. The number of alkyl halides is 2. The van der Waals surface area contributed by atoms with Crippen molar-refractivity contribution in [2.24, 2.45) is 0 Å². The van der Waals surface area contributed by atoms with E-state index in [0.29, 0.717) is 34.0 Å². The van der Waals surface area contributed by atoms with E-state index in [0.717, 1.165) is 0 Å². The summed E-state index contributed by atoms with van der Waals surface area (Å²) in [5.41, 5.74) is 0.291. The number of carbonyl (C=O) groups is 2. The van der Waals surface area contributed by atoms with Crippen molar-refractivity contribution in [2.45, 2.75) is 5.60 Å². The van der Waals surface area contributed by atoms with Gasteiger partial charge >= 0.3 is 0 Å². The van der Waals surface area contributed by atoms with Gasteiger partial charge in [0.2, 0.25) is 0 Å². The van der Waals surface area contributed by atoms with Crippen LogP contribution in [0.1, 0.15) is 26.5 Å². The summed E-state index contributed by atoms with van der Waals surface area (Å²) in [5, 5.41) is 13.8. The van der Waals surface area contributed by atoms with Crippen LogP contribution >= 0.6 is 39.1 Å². The molecule has 2 aromatic heterocycles. The maximum Gasteiger partial charge on any atom is 0.251 e. The number of Topliss-reactive ketones (excluding diaryl/α,β-unsaturated/α-hetero) is 1. The molecule has 0 saturated heterocycles. The molecular weight excluding hydrogens is 842 g/mol. The van der Waals surface area contributed by atoms with Crippen molar-refractivity contribution in [2.75, 3.05) is 46.5 Å². The first-order chi connectivity index (χ1) is 26.8. The molecule has 3 aromatic carbocycles. The number of rotatable bonds is 14. The summed E-state index contributed by atoms with van der Waals surface area (Å²) in [6.07, 6.45) is 5.62. The number of carbonyl (C=O) groups excluding carboxylic acids is 2. The van der Waals surface area contributed by atoms with E-state index >= 15 is 0 Å². The van der Waals surface area contributed by atoms with E-state index in [1.165, 1.54) is 82.0 Å². The van der Waals surface area contributed by atoms with Gasteiger partial charge < -0.3 is 29.4 Å². The molecule has 1 atom stereocenters. The molecule has 5 rings (SSSR count). The topological polar surface area (TPSA) is 129 Å². The van der Waals surface area contributed by atoms with Crippen molar-refractivity contribution < 1.29 is 46.8 Å². The highest BCUT2D eigenvalue weighted by molar-refractivity contribution is 9.09. The van der Waals surface area contributed by atoms with Crippen LogP contribution in [-0.2, 0) is 5.60 Å². The molecule has 0 spiro atoms. The number of pyridine rings is 2. The van der Waals surface area contributed by atoms with E-state index in [9.17, 15) is 27.9 Å². The molecule has 16 heteroatoms. The highest BCUT2D eigenvalue weighted by Gasteiger charge is 2.31. The molecule has 5 aromatic rings. The number of halogens is 6. The summed E-state index contributed by atoms with van der Waals surface area (Å²) < 4.78 is 60.2. The van der Waals surface area contributed by atoms with Gasteiger partial charge in [0.1, 0.15) is 53.5 Å². The van der Waals surface area contributed by atoms with Gasteiger partial charge in [0.15, 0.2) is 22.9 Å². The molecule has 1 amide bonds. The molecule has 1 unspecified atom stereocenters. The second kappa shape index (κ2) is 20.0. The third kappa shape index (κ3) is 10.5. The van der Waals surface area contributed by atoms with Gasteiger partial charge in [-0.25, -0.2) is 23.1 Å². The van der Waals surface area contributed by atoms with Gasteiger partial charge in [-0.3, -0.25) is 9.59 Å². The Labute approximate surface area is 339 Å². The fourth-order valence-electron chi connectivity index (χ4n) is 4.98. The van der Waals surface area contributed by atoms with Gasteiger partial charge in [-0.15, -0.1) is 6.42 Å². The molecule has 2 heterocycles. The summed E-state index contributed by atoms with van der Waals surface area (Å²) in [6, 6.07) is 18.8. The molecule has 10 nitrogen and oxygen atoms in total. The number of ketones is 1. The van der Waals surface area contributed by atoms with Gasteiger partial charge in [-0.1, -0.05) is 45.1 Å². The zero-order valence-corrected chi connectivity index (χ0v) is 33.1. The molecule has 0 aliphatic rings. The van der Waals surface area contributed by atoms with Gasteiger partial charge in [-0.2, -0.15) is 0 Å². The predicted octanol–water partition coefficient (Wildman–Crippen LogP) is 8.28. The van der Waals surface area contributed by atoms with Gasteiger partial charge in [-0.05, 0) is 78.9 Å². The minimum atomic E-state index is -1.99. The number of terminal acetylenes is 1. The van der Waals surface area contributed by atoms with Crippen LogP contribution in [0.4, 0.5) is 13.2 Å². The Balaban J connectivity index is 0.000000293. The van der Waals surface area contributed by atoms with Crippen molar-refractivity contribution in [3.05, 3.63) is 117 Å². The highest BCUT2D eigenvalue weighted by atomic mass is 79.9. The van der Waals surface area contributed by atoms with Crippen LogP contribution in [0.15, 0.2) is 78.9 Å². The molecule has 0 saturated carbocycles. The van der Waals surface area contributed by atoms with Crippen molar-refractivity contribution in [1.29, 1.82) is 0 Å². The smallest absolute Gasteiger partial charge is 0.251 e. The lowest BCUT2D eigenvalue weighted by atomic mass is 9.98. The normalized spacial score (nSPS) is 11.6. The summed E-state index contributed by atoms with van der Waals surface area (Å²) in [7, 11) is 4.32. The number of aliphatic hydroxyl groups is 1. The summed E-state index contributed by atoms with van der Waals surface area (Å²) in [5.74, 6) is 1.79. The summed E-state index contributed by atoms with van der Waals surface area (Å²) in [4.78, 5) is 33.1. The quantitative estimate of drug-likeness (QED) is 0.0644. The van der Waals surface area contributed by atoms with Crippen LogP contribution in [-0.4, -0.2) is 73.3 Å². The number of nitrogens with zero attached hydrogens (tertiary/aromatic N) is 2. The van der Waals surface area contributed by atoms with E-state index in [1.54, 1.807) is 18.2 Å². The molecule has 56 heavy (non-hydrogen) atoms. The van der Waals surface area contributed by atoms with E-state index in [4.69, 9.17) is 48.6 Å². The summed E-state index contributed by atoms with van der Waals surface area (Å²) in [6.45, 7) is -1.21. The number of hydrogen-bond donors (Lipinski definition) is 2. The Morgan fingerprint density at radius 3 is 1.89 bits per heavy atom. The van der Waals surface area contributed by atoms with Crippen LogP contribution in [0.25, 0.3) is 22.5 Å². The van der Waals surface area contributed by atoms with Crippen LogP contribution in [0.3, 0.4) is 0 Å². The molecule has 292 valence electrons. The first-order valence-corrected chi connectivity index (χ1v) is 18.2. The maximum atomic E-state index is 13.6. The zero-order valence-electron chi connectivity index (χ0n) is 30.0. The standard InChI is InChI=1S/C26H23ClF2N2O5.C14H10BrClFNO2/c1-4-26(33,15-30-25(32)17-6-8-20(36-12-11-28)22(14-17)35-3)23-10-9-21(34-2)24(31-23)16-5-7-19(29)18(27)13-16;1-20-13-5-4-11(12(19)7-15)18-14(13)8-2-3-10(17)9(16)6-8/h1,5-10,13-14,33H,11-12,15H2,2-3H3,(H,30,32);2-6H,7H2,1H3. The number of amides is 1. The van der Waals surface area contributed by atoms with Gasteiger partial charge in [0.05, 0.1) is 48.9 Å². The van der Waals surface area contributed by atoms with Gasteiger partial charge in [0, 0.05) is 16.7 Å². The van der Waals surface area contributed by atoms with Gasteiger partial charge in [0.25, 0.3) is 5.91 Å². The van der Waals surface area contributed by atoms with Crippen LogP contribution in [0, 0.1) is 24.0 Å². The molecule has 0 bridgehead atoms. The molecule has 2 N–H and O–H groups in total. The third-order valence-corrected chi connectivity index (χ3v) is 8.97. The molecule has 0 radical (unpaired) electrons. The first-order valence-electron chi connectivity index (χ1n) is 16.3. The second-order valence-corrected chi connectivity index (χ2v) is 12.8. The van der Waals surface area contributed by atoms with E-state index < -0.39 is 29.8 Å². The number of ether oxygens (including phenoxy) is 4. The Morgan fingerprint density at radius 1 is 0.821 bits per heavy atom. The van der Waals surface area contributed by atoms with E-state index in [-0.39, 0.29) is 62.8 Å². The van der Waals surface area contributed by atoms with Crippen molar-refractivity contribution in [3.8, 4) is 57.9 Å². The molecule has 0 aliphatic heterocycles. The lowest BCUT2D eigenvalue weighted by Crippen LogP contribution is -2.40. The fraction of sp³-hybridized carbons (Fsp3) is 0.200. The van der Waals surface area contributed by atoms with Crippen molar-refractivity contribution in [3.63, 3.8) is 0 Å². The Kier molecular flexibility index (Phi) is 15.5. The molecular formula is C40H33BrCl2F3N3O7. The van der Waals surface area contributed by atoms with Crippen LogP contribution in [0.2, 0.25) is 10.0 Å². The Morgan fingerprint density at radius 2 is 1.38 bits per heavy atom. The van der Waals surface area contributed by atoms with Crippen LogP contribution in [0.5, 0.6) is 23.0 Å². The number of hydrogen-bond acceptors (Lipinski definition) is 9.